The normalized spacial score (nSPS) is 10.8. The third kappa shape index (κ3) is 3.59. The van der Waals surface area contributed by atoms with E-state index in [0.29, 0.717) is 5.82 Å². The van der Waals surface area contributed by atoms with E-state index in [4.69, 9.17) is 5.11 Å². The van der Waals surface area contributed by atoms with E-state index in [9.17, 15) is 12.8 Å². The summed E-state index contributed by atoms with van der Waals surface area (Å²) in [5.41, 5.74) is 0.149. The van der Waals surface area contributed by atoms with Crippen LogP contribution >= 0.6 is 0 Å². The number of imidazole rings is 1. The molecular weight excluding hydrogens is 297 g/mol. The van der Waals surface area contributed by atoms with Gasteiger partial charge in [0, 0.05) is 0 Å². The van der Waals surface area contributed by atoms with E-state index in [2.05, 4.69) is 26.5 Å². The molecule has 0 amide bonds. The fourth-order valence-corrected chi connectivity index (χ4v) is 2.59. The van der Waals surface area contributed by atoms with Crippen LogP contribution in [0, 0.1) is 24.6 Å². The number of hydrogen-bond donors (Lipinski definition) is 3. The number of sulfonamides is 1. The number of nitrogens with zero attached hydrogens (tertiary/aromatic N) is 1. The van der Waals surface area contributed by atoms with Crippen LogP contribution in [0.2, 0.25) is 0 Å². The minimum Gasteiger partial charge on any atom is -0.384 e. The summed E-state index contributed by atoms with van der Waals surface area (Å²) >= 11 is 0. The maximum atomic E-state index is 13.5. The summed E-state index contributed by atoms with van der Waals surface area (Å²) in [5.74, 6) is 4.57. The largest absolute Gasteiger partial charge is 0.384 e. The predicted molar refractivity (Wildman–Crippen MR) is 74.5 cm³/mol. The highest BCUT2D eigenvalue weighted by Gasteiger charge is 2.17. The average Bonchev–Trinajstić information content (AvgIpc) is 2.86. The van der Waals surface area contributed by atoms with Crippen molar-refractivity contribution in [3.05, 3.63) is 41.6 Å². The topological polar surface area (TPSA) is 95.1 Å². The number of aliphatic hydroxyl groups excluding tert-OH is 1. The van der Waals surface area contributed by atoms with Gasteiger partial charge in [-0.3, -0.25) is 4.72 Å². The van der Waals surface area contributed by atoms with Crippen LogP contribution in [0.5, 0.6) is 0 Å². The highest BCUT2D eigenvalue weighted by Crippen LogP contribution is 2.18. The molecule has 3 N–H and O–H groups in total. The van der Waals surface area contributed by atoms with Gasteiger partial charge in [0.05, 0.1) is 17.4 Å². The molecule has 8 heteroatoms. The smallest absolute Gasteiger partial charge is 0.278 e. The second-order valence-electron chi connectivity index (χ2n) is 4.09. The molecule has 0 aliphatic carbocycles. The lowest BCUT2D eigenvalue weighted by atomic mass is 10.2. The summed E-state index contributed by atoms with van der Waals surface area (Å²) in [5, 5.41) is 8.52. The van der Waals surface area contributed by atoms with E-state index >= 15 is 0 Å². The van der Waals surface area contributed by atoms with Gasteiger partial charge in [-0.25, -0.2) is 9.37 Å². The van der Waals surface area contributed by atoms with Gasteiger partial charge in [0.25, 0.3) is 10.0 Å². The second kappa shape index (κ2) is 5.95. The van der Waals surface area contributed by atoms with E-state index in [-0.39, 0.29) is 16.3 Å². The Morgan fingerprint density at radius 1 is 1.48 bits per heavy atom. The number of aromatic nitrogens is 2. The molecule has 0 aliphatic heterocycles. The van der Waals surface area contributed by atoms with E-state index in [1.807, 2.05) is 0 Å². The summed E-state index contributed by atoms with van der Waals surface area (Å²) in [7, 11) is -3.83. The van der Waals surface area contributed by atoms with Crippen LogP contribution in [0.25, 0.3) is 0 Å². The maximum absolute atomic E-state index is 13.5. The predicted octanol–water partition coefficient (Wildman–Crippen LogP) is 1.00. The molecule has 21 heavy (non-hydrogen) atoms. The molecule has 2 aromatic rings. The minimum absolute atomic E-state index is 0.00922. The number of rotatable bonds is 3. The van der Waals surface area contributed by atoms with Crippen molar-refractivity contribution in [1.82, 2.24) is 9.97 Å². The molecule has 0 fully saturated rings. The third-order valence-corrected chi connectivity index (χ3v) is 3.78. The van der Waals surface area contributed by atoms with Gasteiger partial charge in [0.1, 0.15) is 18.2 Å². The Morgan fingerprint density at radius 3 is 2.86 bits per heavy atom. The Balaban J connectivity index is 2.31. The van der Waals surface area contributed by atoms with Gasteiger partial charge < -0.3 is 10.1 Å². The molecule has 0 atom stereocenters. The number of benzene rings is 1. The fraction of sp³-hybridized carbons (Fsp3) is 0.154. The van der Waals surface area contributed by atoms with Crippen molar-refractivity contribution in [3.8, 4) is 11.8 Å². The zero-order chi connectivity index (χ0) is 15.5. The first-order valence-electron chi connectivity index (χ1n) is 5.86. The highest BCUT2D eigenvalue weighted by molar-refractivity contribution is 7.92. The Bertz CT molecular complexity index is 819. The molecule has 1 heterocycles. The lowest BCUT2D eigenvalue weighted by Gasteiger charge is -2.07. The van der Waals surface area contributed by atoms with E-state index in [1.165, 1.54) is 18.3 Å². The van der Waals surface area contributed by atoms with E-state index in [1.54, 1.807) is 6.92 Å². The molecule has 0 unspecified atom stereocenters. The van der Waals surface area contributed by atoms with Gasteiger partial charge >= 0.3 is 0 Å². The SMILES string of the molecule is Cc1ncc(S(=O)(=O)Nc2ccc(F)c(C#CCO)c2)[nH]1. The van der Waals surface area contributed by atoms with Crippen LogP contribution in [0.3, 0.4) is 0 Å². The summed E-state index contributed by atoms with van der Waals surface area (Å²) < 4.78 is 39.9. The van der Waals surface area contributed by atoms with Crippen molar-refractivity contribution in [1.29, 1.82) is 0 Å². The van der Waals surface area contributed by atoms with Crippen LogP contribution in [-0.2, 0) is 10.0 Å². The van der Waals surface area contributed by atoms with Gasteiger partial charge in [-0.2, -0.15) is 8.42 Å². The Morgan fingerprint density at radius 2 is 2.24 bits per heavy atom. The van der Waals surface area contributed by atoms with Crippen LogP contribution in [0.1, 0.15) is 11.4 Å². The Kier molecular flexibility index (Phi) is 4.26. The average molecular weight is 309 g/mol. The number of anilines is 1. The summed E-state index contributed by atoms with van der Waals surface area (Å²) in [6.45, 7) is 1.21. The van der Waals surface area contributed by atoms with E-state index < -0.39 is 22.4 Å². The third-order valence-electron chi connectivity index (χ3n) is 2.49. The zero-order valence-electron chi connectivity index (χ0n) is 11.0. The summed E-state index contributed by atoms with van der Waals surface area (Å²) in [6.07, 6.45) is 1.19. The van der Waals surface area contributed by atoms with Crippen LogP contribution in [0.15, 0.2) is 29.4 Å². The monoisotopic (exact) mass is 309 g/mol. The lowest BCUT2D eigenvalue weighted by molar-refractivity contribution is 0.350. The van der Waals surface area contributed by atoms with Gasteiger partial charge in [0.15, 0.2) is 5.03 Å². The molecule has 0 saturated carbocycles. The van der Waals surface area contributed by atoms with Gasteiger partial charge in [-0.05, 0) is 25.1 Å². The number of aryl methyl sites for hydroxylation is 1. The van der Waals surface area contributed by atoms with Crippen LogP contribution < -0.4 is 4.72 Å². The standard InChI is InChI=1S/C13H12FN3O3S/c1-9-15-8-13(16-9)21(19,20)17-11-4-5-12(14)10(7-11)3-2-6-18/h4-5,7-8,17-18H,6H2,1H3,(H,15,16). The first-order valence-corrected chi connectivity index (χ1v) is 7.34. The van der Waals surface area contributed by atoms with E-state index in [0.717, 1.165) is 6.07 Å². The Hall–Kier alpha value is -2.37. The van der Waals surface area contributed by atoms with Gasteiger partial charge in [-0.1, -0.05) is 11.8 Å². The molecule has 1 aromatic heterocycles. The number of aliphatic hydroxyl groups is 1. The molecule has 0 bridgehead atoms. The van der Waals surface area contributed by atoms with Crippen molar-refractivity contribution in [2.24, 2.45) is 0 Å². The molecule has 0 spiro atoms. The van der Waals surface area contributed by atoms with Crippen molar-refractivity contribution < 1.29 is 17.9 Å². The van der Waals surface area contributed by atoms with Crippen molar-refractivity contribution in [2.45, 2.75) is 11.9 Å². The zero-order valence-corrected chi connectivity index (χ0v) is 11.8. The molecule has 2 rings (SSSR count). The highest BCUT2D eigenvalue weighted by atomic mass is 32.2. The first-order chi connectivity index (χ1) is 9.92. The Labute approximate surface area is 121 Å². The molecule has 1 aromatic carbocycles. The molecule has 0 aliphatic rings. The first kappa shape index (κ1) is 15.0. The molecule has 6 nitrogen and oxygen atoms in total. The summed E-state index contributed by atoms with van der Waals surface area (Å²) in [6, 6.07) is 3.62. The lowest BCUT2D eigenvalue weighted by Crippen LogP contribution is -2.13. The number of halogens is 1. The van der Waals surface area contributed by atoms with Crippen molar-refractivity contribution >= 4 is 15.7 Å². The molecule has 0 radical (unpaired) electrons. The number of hydrogen-bond acceptors (Lipinski definition) is 4. The molecule has 110 valence electrons. The van der Waals surface area contributed by atoms with Crippen molar-refractivity contribution in [2.75, 3.05) is 11.3 Å². The van der Waals surface area contributed by atoms with Crippen LogP contribution in [0.4, 0.5) is 10.1 Å². The minimum atomic E-state index is -3.83. The second-order valence-corrected chi connectivity index (χ2v) is 5.74. The fourth-order valence-electron chi connectivity index (χ4n) is 1.56. The number of aromatic amines is 1. The number of nitrogens with one attached hydrogen (secondary N) is 2. The number of H-pyrrole nitrogens is 1. The molecular formula is C13H12FN3O3S. The summed E-state index contributed by atoms with van der Waals surface area (Å²) in [4.78, 5) is 6.41. The van der Waals surface area contributed by atoms with Crippen molar-refractivity contribution in [3.63, 3.8) is 0 Å². The molecule has 0 saturated heterocycles. The van der Waals surface area contributed by atoms with Crippen LogP contribution in [-0.4, -0.2) is 30.1 Å². The maximum Gasteiger partial charge on any atom is 0.278 e. The van der Waals surface area contributed by atoms with Gasteiger partial charge in [-0.15, -0.1) is 0 Å². The quantitative estimate of drug-likeness (QED) is 0.737. The van der Waals surface area contributed by atoms with Gasteiger partial charge in [0.2, 0.25) is 0 Å².